The van der Waals surface area contributed by atoms with Crippen LogP contribution in [0.2, 0.25) is 15.1 Å². The molecular weight excluding hydrogens is 333 g/mol. The summed E-state index contributed by atoms with van der Waals surface area (Å²) in [5, 5.41) is 12.8. The minimum absolute atomic E-state index is 0.354. The number of anilines is 1. The minimum Gasteiger partial charge on any atom is -0.398 e. The van der Waals surface area contributed by atoms with Gasteiger partial charge in [-0.15, -0.1) is 5.10 Å². The molecule has 106 valence electrons. The second-order valence-electron chi connectivity index (χ2n) is 4.20. The quantitative estimate of drug-likeness (QED) is 0.719. The molecule has 3 aromatic rings. The molecule has 1 heterocycles. The molecule has 3 rings (SSSR count). The molecule has 0 radical (unpaired) electrons. The van der Waals surface area contributed by atoms with Crippen LogP contribution in [-0.4, -0.2) is 20.2 Å². The summed E-state index contributed by atoms with van der Waals surface area (Å²) in [6.45, 7) is 0. The maximum absolute atomic E-state index is 6.22. The summed E-state index contributed by atoms with van der Waals surface area (Å²) in [7, 11) is 0. The van der Waals surface area contributed by atoms with Crippen LogP contribution in [-0.2, 0) is 0 Å². The summed E-state index contributed by atoms with van der Waals surface area (Å²) in [6, 6.07) is 10.5. The first kappa shape index (κ1) is 14.1. The molecule has 2 N–H and O–H groups in total. The highest BCUT2D eigenvalue weighted by Gasteiger charge is 2.17. The van der Waals surface area contributed by atoms with Crippen molar-refractivity contribution in [1.29, 1.82) is 0 Å². The fraction of sp³-hybridized carbons (Fsp3) is 0. The number of nitrogen functional groups attached to an aromatic ring is 1. The normalized spacial score (nSPS) is 10.8. The van der Waals surface area contributed by atoms with Crippen molar-refractivity contribution in [2.75, 3.05) is 5.73 Å². The van der Waals surface area contributed by atoms with E-state index in [2.05, 4.69) is 15.5 Å². The van der Waals surface area contributed by atoms with E-state index in [1.807, 2.05) is 0 Å². The first-order valence-electron chi connectivity index (χ1n) is 5.86. The fourth-order valence-electron chi connectivity index (χ4n) is 1.90. The first-order valence-corrected chi connectivity index (χ1v) is 7.00. The molecule has 21 heavy (non-hydrogen) atoms. The third-order valence-corrected chi connectivity index (χ3v) is 4.13. The van der Waals surface area contributed by atoms with Gasteiger partial charge in [-0.25, -0.2) is 0 Å². The zero-order chi connectivity index (χ0) is 15.0. The van der Waals surface area contributed by atoms with Crippen molar-refractivity contribution in [1.82, 2.24) is 20.2 Å². The van der Waals surface area contributed by atoms with Gasteiger partial charge < -0.3 is 5.73 Å². The third kappa shape index (κ3) is 2.44. The second-order valence-corrected chi connectivity index (χ2v) is 5.36. The molecule has 0 bridgehead atoms. The van der Waals surface area contributed by atoms with Gasteiger partial charge in [-0.3, -0.25) is 0 Å². The number of benzene rings is 2. The van der Waals surface area contributed by atoms with Gasteiger partial charge in [0.1, 0.15) is 0 Å². The van der Waals surface area contributed by atoms with Crippen LogP contribution in [0, 0.1) is 0 Å². The van der Waals surface area contributed by atoms with Crippen molar-refractivity contribution in [3.63, 3.8) is 0 Å². The number of nitrogens with zero attached hydrogens (tertiary/aromatic N) is 4. The van der Waals surface area contributed by atoms with Crippen molar-refractivity contribution in [2.24, 2.45) is 0 Å². The highest BCUT2D eigenvalue weighted by molar-refractivity contribution is 6.43. The maximum Gasteiger partial charge on any atom is 0.188 e. The third-order valence-electron chi connectivity index (χ3n) is 2.90. The lowest BCUT2D eigenvalue weighted by Gasteiger charge is -2.09. The molecule has 0 spiro atoms. The summed E-state index contributed by atoms with van der Waals surface area (Å²) in [5.74, 6) is 0.427. The minimum atomic E-state index is 0.354. The molecule has 0 atom stereocenters. The predicted octanol–water partition coefficient (Wildman–Crippen LogP) is 3.87. The number of tetrazole rings is 1. The molecule has 0 aliphatic heterocycles. The Balaban J connectivity index is 2.22. The molecule has 0 amide bonds. The topological polar surface area (TPSA) is 69.6 Å². The lowest BCUT2D eigenvalue weighted by molar-refractivity contribution is 0.791. The molecule has 0 saturated carbocycles. The van der Waals surface area contributed by atoms with E-state index < -0.39 is 0 Å². The van der Waals surface area contributed by atoms with Crippen LogP contribution in [0.4, 0.5) is 5.69 Å². The Kier molecular flexibility index (Phi) is 3.71. The largest absolute Gasteiger partial charge is 0.398 e. The SMILES string of the molecule is Nc1cccc(-c2nnnn2-c2cccc(Cl)c2Cl)c1Cl. The van der Waals surface area contributed by atoms with Gasteiger partial charge >= 0.3 is 0 Å². The number of hydrogen-bond donors (Lipinski definition) is 1. The van der Waals surface area contributed by atoms with Crippen molar-refractivity contribution in [3.8, 4) is 17.1 Å². The van der Waals surface area contributed by atoms with E-state index in [1.54, 1.807) is 36.4 Å². The van der Waals surface area contributed by atoms with Crippen LogP contribution in [0.15, 0.2) is 36.4 Å². The van der Waals surface area contributed by atoms with Crippen LogP contribution in [0.1, 0.15) is 0 Å². The van der Waals surface area contributed by atoms with Crippen LogP contribution in [0.3, 0.4) is 0 Å². The fourth-order valence-corrected chi connectivity index (χ4v) is 2.48. The number of nitrogens with two attached hydrogens (primary N) is 1. The Morgan fingerprint density at radius 3 is 2.52 bits per heavy atom. The summed E-state index contributed by atoms with van der Waals surface area (Å²) in [6.07, 6.45) is 0. The Morgan fingerprint density at radius 2 is 1.71 bits per heavy atom. The van der Waals surface area contributed by atoms with Gasteiger partial charge in [-0.1, -0.05) is 46.9 Å². The lowest BCUT2D eigenvalue weighted by Crippen LogP contribution is -2.02. The van der Waals surface area contributed by atoms with Gasteiger partial charge in [0.25, 0.3) is 0 Å². The van der Waals surface area contributed by atoms with Crippen molar-refractivity contribution in [3.05, 3.63) is 51.5 Å². The molecule has 2 aromatic carbocycles. The van der Waals surface area contributed by atoms with Crippen molar-refractivity contribution < 1.29 is 0 Å². The summed E-state index contributed by atoms with van der Waals surface area (Å²) in [5.41, 5.74) is 7.42. The van der Waals surface area contributed by atoms with Crippen molar-refractivity contribution in [2.45, 2.75) is 0 Å². The monoisotopic (exact) mass is 339 g/mol. The standard InChI is InChI=1S/C13H8Cl3N5/c14-8-4-2-6-10(12(8)16)21-13(18-19-20-21)7-3-1-5-9(17)11(7)15/h1-6H,17H2. The van der Waals surface area contributed by atoms with E-state index in [1.165, 1.54) is 4.68 Å². The Bertz CT molecular complexity index is 749. The second kappa shape index (κ2) is 5.52. The highest BCUT2D eigenvalue weighted by Crippen LogP contribution is 2.34. The van der Waals surface area contributed by atoms with Gasteiger partial charge in [-0.05, 0) is 34.7 Å². The first-order chi connectivity index (χ1) is 10.1. The smallest absolute Gasteiger partial charge is 0.188 e. The van der Waals surface area contributed by atoms with Crippen LogP contribution in [0.5, 0.6) is 0 Å². The van der Waals surface area contributed by atoms with Gasteiger partial charge in [0.15, 0.2) is 5.82 Å². The number of halogens is 3. The Morgan fingerprint density at radius 1 is 0.952 bits per heavy atom. The number of rotatable bonds is 2. The van der Waals surface area contributed by atoms with Gasteiger partial charge in [0, 0.05) is 5.56 Å². The Hall–Kier alpha value is -1.82. The van der Waals surface area contributed by atoms with E-state index in [-0.39, 0.29) is 0 Å². The zero-order valence-electron chi connectivity index (χ0n) is 10.5. The van der Waals surface area contributed by atoms with Crippen LogP contribution < -0.4 is 5.73 Å². The van der Waals surface area contributed by atoms with Gasteiger partial charge in [-0.2, -0.15) is 4.68 Å². The molecular formula is C13H8Cl3N5. The van der Waals surface area contributed by atoms with E-state index in [0.29, 0.717) is 37.8 Å². The molecule has 8 heteroatoms. The average molecular weight is 341 g/mol. The Labute approximate surface area is 135 Å². The van der Waals surface area contributed by atoms with Crippen molar-refractivity contribution >= 4 is 40.5 Å². The number of hydrogen-bond acceptors (Lipinski definition) is 4. The van der Waals surface area contributed by atoms with E-state index >= 15 is 0 Å². The molecule has 0 saturated heterocycles. The molecule has 1 aromatic heterocycles. The summed E-state index contributed by atoms with van der Waals surface area (Å²) < 4.78 is 1.47. The van der Waals surface area contributed by atoms with Gasteiger partial charge in [0.2, 0.25) is 0 Å². The lowest BCUT2D eigenvalue weighted by atomic mass is 10.2. The molecule has 0 fully saturated rings. The number of aromatic nitrogens is 4. The van der Waals surface area contributed by atoms with E-state index in [0.717, 1.165) is 0 Å². The van der Waals surface area contributed by atoms with Crippen LogP contribution in [0.25, 0.3) is 17.1 Å². The predicted molar refractivity (Wildman–Crippen MR) is 84.0 cm³/mol. The maximum atomic E-state index is 6.22. The molecule has 5 nitrogen and oxygen atoms in total. The zero-order valence-corrected chi connectivity index (χ0v) is 12.7. The summed E-state index contributed by atoms with van der Waals surface area (Å²) >= 11 is 18.5. The average Bonchev–Trinajstić information content (AvgIpc) is 2.94. The van der Waals surface area contributed by atoms with Crippen LogP contribution >= 0.6 is 34.8 Å². The summed E-state index contributed by atoms with van der Waals surface area (Å²) in [4.78, 5) is 0. The van der Waals surface area contributed by atoms with Gasteiger partial charge in [0.05, 0.1) is 26.4 Å². The molecule has 0 aliphatic rings. The molecule has 0 aliphatic carbocycles. The highest BCUT2D eigenvalue weighted by atomic mass is 35.5. The van der Waals surface area contributed by atoms with E-state index in [4.69, 9.17) is 40.5 Å². The molecule has 0 unspecified atom stereocenters. The van der Waals surface area contributed by atoms with E-state index in [9.17, 15) is 0 Å².